The number of likely N-dealkylation sites (tertiary alicyclic amines) is 1. The zero-order valence-corrected chi connectivity index (χ0v) is 15.8. The fraction of sp³-hybridized carbons (Fsp3) is 0.611. The van der Waals surface area contributed by atoms with Crippen molar-refractivity contribution in [2.75, 3.05) is 18.9 Å². The van der Waals surface area contributed by atoms with Crippen LogP contribution in [0.4, 0.5) is 5.82 Å². The molecule has 0 saturated carbocycles. The van der Waals surface area contributed by atoms with Gasteiger partial charge < -0.3 is 14.6 Å². The fourth-order valence-corrected chi connectivity index (χ4v) is 3.22. The van der Waals surface area contributed by atoms with Crippen LogP contribution in [0.15, 0.2) is 10.5 Å². The first kappa shape index (κ1) is 18.3. The quantitative estimate of drug-likeness (QED) is 0.847. The van der Waals surface area contributed by atoms with Crippen molar-refractivity contribution in [3.05, 3.63) is 29.4 Å². The summed E-state index contributed by atoms with van der Waals surface area (Å²) < 4.78 is 5.59. The summed E-state index contributed by atoms with van der Waals surface area (Å²) in [6.45, 7) is 6.62. The minimum absolute atomic E-state index is 0.00482. The van der Waals surface area contributed by atoms with E-state index in [2.05, 4.69) is 25.5 Å². The second kappa shape index (κ2) is 7.80. The number of nitrogens with zero attached hydrogens (tertiary/aromatic N) is 5. The molecule has 140 valence electrons. The van der Waals surface area contributed by atoms with Gasteiger partial charge in [-0.25, -0.2) is 9.97 Å². The van der Waals surface area contributed by atoms with Crippen molar-refractivity contribution in [3.8, 4) is 0 Å². The summed E-state index contributed by atoms with van der Waals surface area (Å²) in [7, 11) is 1.83. The third-order valence-corrected chi connectivity index (χ3v) is 4.56. The van der Waals surface area contributed by atoms with E-state index in [1.54, 1.807) is 0 Å². The van der Waals surface area contributed by atoms with Gasteiger partial charge in [-0.15, -0.1) is 10.2 Å². The summed E-state index contributed by atoms with van der Waals surface area (Å²) in [4.78, 5) is 23.6. The maximum Gasteiger partial charge on any atom is 0.223 e. The zero-order valence-electron chi connectivity index (χ0n) is 15.8. The first-order chi connectivity index (χ1) is 12.5. The number of hydrogen-bond acceptors (Lipinski definition) is 7. The Labute approximate surface area is 153 Å². The maximum atomic E-state index is 12.8. The highest BCUT2D eigenvalue weighted by Crippen LogP contribution is 2.32. The molecule has 0 spiro atoms. The minimum Gasteiger partial charge on any atom is -0.425 e. The first-order valence-corrected chi connectivity index (χ1v) is 9.13. The van der Waals surface area contributed by atoms with Gasteiger partial charge in [-0.1, -0.05) is 13.8 Å². The molecule has 1 atom stereocenters. The van der Waals surface area contributed by atoms with Crippen molar-refractivity contribution in [2.24, 2.45) is 0 Å². The van der Waals surface area contributed by atoms with Crippen LogP contribution in [0.2, 0.25) is 0 Å². The smallest absolute Gasteiger partial charge is 0.223 e. The molecule has 1 aliphatic heterocycles. The van der Waals surface area contributed by atoms with E-state index in [9.17, 15) is 4.79 Å². The fourth-order valence-electron chi connectivity index (χ4n) is 3.22. The van der Waals surface area contributed by atoms with Gasteiger partial charge in [0.15, 0.2) is 0 Å². The van der Waals surface area contributed by atoms with Gasteiger partial charge in [0, 0.05) is 38.4 Å². The van der Waals surface area contributed by atoms with Gasteiger partial charge in [0.2, 0.25) is 17.7 Å². The molecule has 1 N–H and O–H groups in total. The van der Waals surface area contributed by atoms with Gasteiger partial charge in [0.25, 0.3) is 0 Å². The largest absolute Gasteiger partial charge is 0.425 e. The number of carbonyl (C=O) groups is 1. The molecule has 2 aromatic heterocycles. The summed E-state index contributed by atoms with van der Waals surface area (Å²) in [6.07, 6.45) is 2.72. The molecule has 0 bridgehead atoms. The van der Waals surface area contributed by atoms with E-state index in [-0.39, 0.29) is 17.9 Å². The summed E-state index contributed by atoms with van der Waals surface area (Å²) >= 11 is 0. The minimum atomic E-state index is 0.00482. The van der Waals surface area contributed by atoms with Gasteiger partial charge in [0.1, 0.15) is 11.6 Å². The van der Waals surface area contributed by atoms with Gasteiger partial charge in [0.05, 0.1) is 11.7 Å². The van der Waals surface area contributed by atoms with Crippen LogP contribution in [0.5, 0.6) is 0 Å². The lowest BCUT2D eigenvalue weighted by Gasteiger charge is -2.24. The van der Waals surface area contributed by atoms with E-state index in [1.165, 1.54) is 0 Å². The highest BCUT2D eigenvalue weighted by molar-refractivity contribution is 5.77. The molecule has 3 rings (SSSR count). The van der Waals surface area contributed by atoms with Crippen LogP contribution in [0.25, 0.3) is 0 Å². The van der Waals surface area contributed by atoms with E-state index >= 15 is 0 Å². The summed E-state index contributed by atoms with van der Waals surface area (Å²) in [5, 5.41) is 11.1. The van der Waals surface area contributed by atoms with Crippen molar-refractivity contribution in [2.45, 2.75) is 58.4 Å². The molecule has 0 aliphatic carbocycles. The predicted molar refractivity (Wildman–Crippen MR) is 96.7 cm³/mol. The van der Waals surface area contributed by atoms with E-state index < -0.39 is 0 Å². The molecule has 0 unspecified atom stereocenters. The van der Waals surface area contributed by atoms with Crippen LogP contribution < -0.4 is 5.32 Å². The number of hydrogen-bond donors (Lipinski definition) is 1. The number of rotatable bonds is 6. The number of aryl methyl sites for hydroxylation is 2. The first-order valence-electron chi connectivity index (χ1n) is 9.13. The second-order valence-corrected chi connectivity index (χ2v) is 6.91. The highest BCUT2D eigenvalue weighted by Gasteiger charge is 2.31. The Hall–Kier alpha value is -2.51. The van der Waals surface area contributed by atoms with Gasteiger partial charge in [-0.2, -0.15) is 0 Å². The van der Waals surface area contributed by atoms with Crippen molar-refractivity contribution in [1.82, 2.24) is 25.1 Å². The van der Waals surface area contributed by atoms with Crippen molar-refractivity contribution in [3.63, 3.8) is 0 Å². The Bertz CT molecular complexity index is 773. The summed E-state index contributed by atoms with van der Waals surface area (Å²) in [5.41, 5.74) is 0.896. The van der Waals surface area contributed by atoms with Crippen molar-refractivity contribution < 1.29 is 9.21 Å². The van der Waals surface area contributed by atoms with Crippen molar-refractivity contribution >= 4 is 11.7 Å². The van der Waals surface area contributed by atoms with Crippen LogP contribution in [0.3, 0.4) is 0 Å². The van der Waals surface area contributed by atoms with Crippen LogP contribution in [0, 0.1) is 6.92 Å². The molecule has 0 radical (unpaired) electrons. The van der Waals surface area contributed by atoms with E-state index in [0.29, 0.717) is 30.4 Å². The third-order valence-electron chi connectivity index (χ3n) is 4.56. The van der Waals surface area contributed by atoms with Crippen LogP contribution in [0.1, 0.15) is 68.4 Å². The molecule has 26 heavy (non-hydrogen) atoms. The van der Waals surface area contributed by atoms with Gasteiger partial charge >= 0.3 is 0 Å². The van der Waals surface area contributed by atoms with Crippen LogP contribution in [-0.2, 0) is 11.2 Å². The SMILES string of the molecule is CNc1cc([C@@H]2CCCN2C(=O)CCc2nnc(C(C)C)o2)nc(C)n1. The van der Waals surface area contributed by atoms with E-state index in [0.717, 1.165) is 30.9 Å². The van der Waals surface area contributed by atoms with Gasteiger partial charge in [-0.3, -0.25) is 4.79 Å². The molecule has 3 heterocycles. The molecule has 2 aromatic rings. The number of nitrogens with one attached hydrogen (secondary N) is 1. The Balaban J connectivity index is 1.67. The molecule has 1 aliphatic rings. The molecule has 1 amide bonds. The Morgan fingerprint density at radius 2 is 2.19 bits per heavy atom. The molecular weight excluding hydrogens is 332 g/mol. The van der Waals surface area contributed by atoms with Gasteiger partial charge in [-0.05, 0) is 19.8 Å². The molecule has 1 saturated heterocycles. The lowest BCUT2D eigenvalue weighted by Crippen LogP contribution is -2.31. The lowest BCUT2D eigenvalue weighted by atomic mass is 10.1. The normalized spacial score (nSPS) is 17.1. The Morgan fingerprint density at radius 3 is 2.88 bits per heavy atom. The summed E-state index contributed by atoms with van der Waals surface area (Å²) in [5.74, 6) is 2.91. The zero-order chi connectivity index (χ0) is 18.7. The van der Waals surface area contributed by atoms with Crippen LogP contribution >= 0.6 is 0 Å². The summed E-state index contributed by atoms with van der Waals surface area (Å²) in [6, 6.07) is 1.93. The number of amides is 1. The molecule has 8 heteroatoms. The average molecular weight is 358 g/mol. The molecule has 1 fully saturated rings. The molecule has 8 nitrogen and oxygen atoms in total. The number of carbonyl (C=O) groups excluding carboxylic acids is 1. The standard InChI is InChI=1S/C18H26N6O2/c1-11(2)18-23-22-16(26-18)7-8-17(25)24-9-5-6-14(24)13-10-15(19-4)21-12(3)20-13/h10-11,14H,5-9H2,1-4H3,(H,19,20,21)/t14-/m0/s1. The van der Waals surface area contributed by atoms with E-state index in [1.807, 2.05) is 38.8 Å². The lowest BCUT2D eigenvalue weighted by molar-refractivity contribution is -0.132. The van der Waals surface area contributed by atoms with Crippen LogP contribution in [-0.4, -0.2) is 44.6 Å². The number of aromatic nitrogens is 4. The maximum absolute atomic E-state index is 12.8. The Morgan fingerprint density at radius 1 is 1.38 bits per heavy atom. The highest BCUT2D eigenvalue weighted by atomic mass is 16.4. The second-order valence-electron chi connectivity index (χ2n) is 6.91. The predicted octanol–water partition coefficient (Wildman–Crippen LogP) is 2.63. The third kappa shape index (κ3) is 4.00. The van der Waals surface area contributed by atoms with Crippen molar-refractivity contribution in [1.29, 1.82) is 0 Å². The average Bonchev–Trinajstić information content (AvgIpc) is 3.28. The Kier molecular flexibility index (Phi) is 5.49. The molecule has 0 aromatic carbocycles. The van der Waals surface area contributed by atoms with E-state index in [4.69, 9.17) is 4.42 Å². The topological polar surface area (TPSA) is 97.0 Å². The molecular formula is C18H26N6O2. The number of anilines is 1. The monoisotopic (exact) mass is 358 g/mol.